The maximum atomic E-state index is 12.3. The van der Waals surface area contributed by atoms with Crippen molar-refractivity contribution in [1.82, 2.24) is 9.88 Å². The molecule has 2 aliphatic rings. The Morgan fingerprint density at radius 2 is 2.11 bits per heavy atom. The molecule has 3 rings (SSSR count). The lowest BCUT2D eigenvalue weighted by Crippen LogP contribution is -2.67. The van der Waals surface area contributed by atoms with E-state index >= 15 is 0 Å². The molecule has 0 saturated carbocycles. The monoisotopic (exact) mass is 246 g/mol. The number of ether oxygens (including phenoxy) is 1. The molecule has 0 aromatic carbocycles. The van der Waals surface area contributed by atoms with E-state index in [1.165, 1.54) is 0 Å². The first-order valence-electron chi connectivity index (χ1n) is 6.44. The quantitative estimate of drug-likeness (QED) is 0.797. The molecule has 0 radical (unpaired) electrons. The lowest BCUT2D eigenvalue weighted by Gasteiger charge is -2.54. The molecule has 18 heavy (non-hydrogen) atoms. The van der Waals surface area contributed by atoms with Crippen molar-refractivity contribution in [1.29, 1.82) is 0 Å². The summed E-state index contributed by atoms with van der Waals surface area (Å²) in [5, 5.41) is 0. The minimum absolute atomic E-state index is 0.0509. The van der Waals surface area contributed by atoms with Crippen LogP contribution >= 0.6 is 0 Å². The van der Waals surface area contributed by atoms with Gasteiger partial charge in [0.25, 0.3) is 5.91 Å². The van der Waals surface area contributed by atoms with Crippen LogP contribution in [0.2, 0.25) is 0 Å². The van der Waals surface area contributed by atoms with Gasteiger partial charge >= 0.3 is 0 Å². The van der Waals surface area contributed by atoms with E-state index in [1.807, 2.05) is 17.0 Å². The second kappa shape index (κ2) is 4.05. The van der Waals surface area contributed by atoms with Crippen molar-refractivity contribution in [3.63, 3.8) is 0 Å². The average Bonchev–Trinajstić information content (AvgIpc) is 2.25. The molecular formula is C14H18N2O2. The van der Waals surface area contributed by atoms with Crippen LogP contribution in [0.5, 0.6) is 0 Å². The van der Waals surface area contributed by atoms with E-state index in [2.05, 4.69) is 18.8 Å². The first-order chi connectivity index (χ1) is 8.60. The lowest BCUT2D eigenvalue weighted by atomic mass is 9.78. The Balaban J connectivity index is 1.71. The summed E-state index contributed by atoms with van der Waals surface area (Å²) in [6.07, 6.45) is 0. The number of pyridine rings is 1. The Morgan fingerprint density at radius 3 is 2.67 bits per heavy atom. The van der Waals surface area contributed by atoms with Crippen molar-refractivity contribution in [2.24, 2.45) is 5.41 Å². The standard InChI is InChI=1S/C14H18N2O2/c1-10(2)11-4-3-5-12(15-11)13(17)16-6-14(7-16)8-18-9-14/h3-5,10H,6-9H2,1-2H3. The van der Waals surface area contributed by atoms with Gasteiger partial charge in [-0.25, -0.2) is 4.98 Å². The minimum atomic E-state index is 0.0509. The Labute approximate surface area is 107 Å². The van der Waals surface area contributed by atoms with E-state index in [0.29, 0.717) is 11.6 Å². The highest BCUT2D eigenvalue weighted by Crippen LogP contribution is 2.38. The summed E-state index contributed by atoms with van der Waals surface area (Å²) in [5.41, 5.74) is 1.81. The fourth-order valence-electron chi connectivity index (χ4n) is 2.53. The number of carbonyl (C=O) groups is 1. The van der Waals surface area contributed by atoms with Crippen molar-refractivity contribution >= 4 is 5.91 Å². The van der Waals surface area contributed by atoms with Crippen LogP contribution in [0.1, 0.15) is 35.9 Å². The smallest absolute Gasteiger partial charge is 0.272 e. The molecule has 1 aromatic heterocycles. The molecule has 0 aliphatic carbocycles. The Morgan fingerprint density at radius 1 is 1.39 bits per heavy atom. The number of amides is 1. The van der Waals surface area contributed by atoms with Gasteiger partial charge in [0.2, 0.25) is 0 Å². The summed E-state index contributed by atoms with van der Waals surface area (Å²) in [7, 11) is 0. The predicted molar refractivity (Wildman–Crippen MR) is 67.5 cm³/mol. The lowest BCUT2D eigenvalue weighted by molar-refractivity contribution is -0.176. The van der Waals surface area contributed by atoms with Gasteiger partial charge in [0.15, 0.2) is 0 Å². The topological polar surface area (TPSA) is 42.4 Å². The molecule has 4 nitrogen and oxygen atoms in total. The molecule has 2 aliphatic heterocycles. The maximum Gasteiger partial charge on any atom is 0.272 e. The third-order valence-corrected chi connectivity index (χ3v) is 3.74. The van der Waals surface area contributed by atoms with Crippen LogP contribution < -0.4 is 0 Å². The van der Waals surface area contributed by atoms with Crippen LogP contribution in [0.3, 0.4) is 0 Å². The van der Waals surface area contributed by atoms with Gasteiger partial charge < -0.3 is 9.64 Å². The zero-order valence-electron chi connectivity index (χ0n) is 10.8. The molecule has 4 heteroatoms. The summed E-state index contributed by atoms with van der Waals surface area (Å²) in [5.74, 6) is 0.399. The zero-order chi connectivity index (χ0) is 12.8. The summed E-state index contributed by atoms with van der Waals surface area (Å²) in [6.45, 7) is 7.41. The van der Waals surface area contributed by atoms with Gasteiger partial charge in [0.05, 0.1) is 18.6 Å². The van der Waals surface area contributed by atoms with E-state index in [-0.39, 0.29) is 11.3 Å². The molecule has 0 N–H and O–H groups in total. The molecule has 2 saturated heterocycles. The molecule has 0 unspecified atom stereocenters. The summed E-state index contributed by atoms with van der Waals surface area (Å²) in [4.78, 5) is 18.6. The number of rotatable bonds is 2. The maximum absolute atomic E-state index is 12.3. The number of aromatic nitrogens is 1. The van der Waals surface area contributed by atoms with Crippen LogP contribution in [0.4, 0.5) is 0 Å². The number of hydrogen-bond donors (Lipinski definition) is 0. The molecule has 0 bridgehead atoms. The highest BCUT2D eigenvalue weighted by atomic mass is 16.5. The van der Waals surface area contributed by atoms with Crippen LogP contribution in [0.15, 0.2) is 18.2 Å². The van der Waals surface area contributed by atoms with Crippen LogP contribution in [0, 0.1) is 5.41 Å². The summed E-state index contributed by atoms with van der Waals surface area (Å²) in [6, 6.07) is 5.69. The number of likely N-dealkylation sites (tertiary alicyclic amines) is 1. The van der Waals surface area contributed by atoms with Gasteiger partial charge in [-0.1, -0.05) is 19.9 Å². The van der Waals surface area contributed by atoms with E-state index in [0.717, 1.165) is 32.0 Å². The first-order valence-corrected chi connectivity index (χ1v) is 6.44. The number of nitrogens with zero attached hydrogens (tertiary/aromatic N) is 2. The highest BCUT2D eigenvalue weighted by Gasteiger charge is 2.50. The third-order valence-electron chi connectivity index (χ3n) is 3.74. The second-order valence-corrected chi connectivity index (χ2v) is 5.76. The van der Waals surface area contributed by atoms with Gasteiger partial charge in [-0.05, 0) is 18.1 Å². The average molecular weight is 246 g/mol. The number of hydrogen-bond acceptors (Lipinski definition) is 3. The molecule has 1 spiro atoms. The normalized spacial score (nSPS) is 20.7. The molecular weight excluding hydrogens is 228 g/mol. The molecule has 2 fully saturated rings. The highest BCUT2D eigenvalue weighted by molar-refractivity contribution is 5.93. The molecule has 1 amide bonds. The van der Waals surface area contributed by atoms with Gasteiger partial charge in [-0.2, -0.15) is 0 Å². The summed E-state index contributed by atoms with van der Waals surface area (Å²) < 4.78 is 5.21. The van der Waals surface area contributed by atoms with Crippen LogP contribution in [0.25, 0.3) is 0 Å². The molecule has 96 valence electrons. The number of carbonyl (C=O) groups excluding carboxylic acids is 1. The minimum Gasteiger partial charge on any atom is -0.380 e. The second-order valence-electron chi connectivity index (χ2n) is 5.76. The van der Waals surface area contributed by atoms with Gasteiger partial charge in [-0.3, -0.25) is 4.79 Å². The summed E-state index contributed by atoms with van der Waals surface area (Å²) >= 11 is 0. The van der Waals surface area contributed by atoms with Crippen LogP contribution in [-0.2, 0) is 4.74 Å². The first kappa shape index (κ1) is 11.7. The van der Waals surface area contributed by atoms with Crippen molar-refractivity contribution in [2.75, 3.05) is 26.3 Å². The fraction of sp³-hybridized carbons (Fsp3) is 0.571. The van der Waals surface area contributed by atoms with E-state index < -0.39 is 0 Å². The van der Waals surface area contributed by atoms with E-state index in [4.69, 9.17) is 4.74 Å². The molecule has 1 aromatic rings. The Hall–Kier alpha value is -1.42. The molecule has 0 atom stereocenters. The third kappa shape index (κ3) is 1.81. The zero-order valence-corrected chi connectivity index (χ0v) is 10.8. The Kier molecular flexibility index (Phi) is 2.63. The largest absolute Gasteiger partial charge is 0.380 e. The Bertz CT molecular complexity index is 472. The van der Waals surface area contributed by atoms with E-state index in [1.54, 1.807) is 6.07 Å². The van der Waals surface area contributed by atoms with Gasteiger partial charge in [0, 0.05) is 18.8 Å². The van der Waals surface area contributed by atoms with E-state index in [9.17, 15) is 4.79 Å². The van der Waals surface area contributed by atoms with Gasteiger partial charge in [-0.15, -0.1) is 0 Å². The van der Waals surface area contributed by atoms with Crippen molar-refractivity contribution < 1.29 is 9.53 Å². The van der Waals surface area contributed by atoms with Crippen molar-refractivity contribution in [2.45, 2.75) is 19.8 Å². The SMILES string of the molecule is CC(C)c1cccc(C(=O)N2CC3(COC3)C2)n1. The van der Waals surface area contributed by atoms with Crippen molar-refractivity contribution in [3.8, 4) is 0 Å². The predicted octanol–water partition coefficient (Wildman–Crippen LogP) is 1.68. The van der Waals surface area contributed by atoms with Crippen molar-refractivity contribution in [3.05, 3.63) is 29.6 Å². The van der Waals surface area contributed by atoms with Crippen LogP contribution in [-0.4, -0.2) is 42.1 Å². The van der Waals surface area contributed by atoms with Gasteiger partial charge in [0.1, 0.15) is 5.69 Å². The molecule has 3 heterocycles. The fourth-order valence-corrected chi connectivity index (χ4v) is 2.53.